The van der Waals surface area contributed by atoms with E-state index in [0.717, 1.165) is 53.6 Å². The van der Waals surface area contributed by atoms with Crippen LogP contribution in [0.5, 0.6) is 0 Å². The van der Waals surface area contributed by atoms with Gasteiger partial charge in [0.15, 0.2) is 0 Å². The first-order valence-corrected chi connectivity index (χ1v) is 10.8. The Morgan fingerprint density at radius 1 is 1.04 bits per heavy atom. The molecule has 6 heteroatoms. The number of carbonyl (C=O) groups excluding carboxylic acids is 1. The van der Waals surface area contributed by atoms with Gasteiger partial charge in [0.1, 0.15) is 5.82 Å². The van der Waals surface area contributed by atoms with E-state index in [1.165, 1.54) is 6.42 Å². The standard InChI is InChI=1S/C22H24N4OS/c1-28-18-10-11-20(19(16-18)22(27)25-14-6-3-7-15-25)24-21-12-13-23-26(21)17-8-4-2-5-9-17/h2,4-5,8-13,16,24H,3,6-7,14-15H2,1H3. The lowest BCUT2D eigenvalue weighted by Crippen LogP contribution is -2.35. The highest BCUT2D eigenvalue weighted by Crippen LogP contribution is 2.28. The van der Waals surface area contributed by atoms with Gasteiger partial charge >= 0.3 is 0 Å². The summed E-state index contributed by atoms with van der Waals surface area (Å²) in [6.45, 7) is 1.67. The number of anilines is 2. The Labute approximate surface area is 169 Å². The Hall–Kier alpha value is -2.73. The van der Waals surface area contributed by atoms with Crippen LogP contribution in [0.4, 0.5) is 11.5 Å². The van der Waals surface area contributed by atoms with Gasteiger partial charge in [-0.15, -0.1) is 11.8 Å². The van der Waals surface area contributed by atoms with E-state index >= 15 is 0 Å². The van der Waals surface area contributed by atoms with Crippen LogP contribution in [0.25, 0.3) is 5.69 Å². The predicted molar refractivity (Wildman–Crippen MR) is 115 cm³/mol. The molecule has 1 aromatic heterocycles. The number of para-hydroxylation sites is 1. The van der Waals surface area contributed by atoms with Crippen LogP contribution in [0, 0.1) is 0 Å². The number of aromatic nitrogens is 2. The minimum absolute atomic E-state index is 0.101. The molecule has 2 aromatic carbocycles. The van der Waals surface area contributed by atoms with Gasteiger partial charge in [-0.3, -0.25) is 4.79 Å². The van der Waals surface area contributed by atoms with E-state index < -0.39 is 0 Å². The maximum atomic E-state index is 13.2. The zero-order chi connectivity index (χ0) is 19.3. The summed E-state index contributed by atoms with van der Waals surface area (Å²) in [6.07, 6.45) is 7.16. The van der Waals surface area contributed by atoms with Gasteiger partial charge in [-0.05, 0) is 55.9 Å². The van der Waals surface area contributed by atoms with Crippen molar-refractivity contribution in [3.8, 4) is 5.69 Å². The number of likely N-dealkylation sites (tertiary alicyclic amines) is 1. The number of rotatable bonds is 5. The Morgan fingerprint density at radius 2 is 1.82 bits per heavy atom. The van der Waals surface area contributed by atoms with E-state index in [1.54, 1.807) is 18.0 Å². The molecule has 28 heavy (non-hydrogen) atoms. The molecule has 1 saturated heterocycles. The van der Waals surface area contributed by atoms with Gasteiger partial charge in [0.25, 0.3) is 5.91 Å². The second-order valence-corrected chi connectivity index (χ2v) is 7.73. The number of nitrogens with one attached hydrogen (secondary N) is 1. The summed E-state index contributed by atoms with van der Waals surface area (Å²) in [5.74, 6) is 0.930. The van der Waals surface area contributed by atoms with Gasteiger partial charge < -0.3 is 10.2 Å². The molecule has 0 radical (unpaired) electrons. The lowest BCUT2D eigenvalue weighted by Gasteiger charge is -2.27. The maximum absolute atomic E-state index is 13.2. The summed E-state index contributed by atoms with van der Waals surface area (Å²) in [5, 5.41) is 7.87. The van der Waals surface area contributed by atoms with E-state index in [0.29, 0.717) is 0 Å². The number of amides is 1. The van der Waals surface area contributed by atoms with Crippen molar-refractivity contribution in [3.63, 3.8) is 0 Å². The quantitative estimate of drug-likeness (QED) is 0.623. The molecule has 0 saturated carbocycles. The summed E-state index contributed by atoms with van der Waals surface area (Å²) < 4.78 is 1.84. The van der Waals surface area contributed by atoms with Crippen molar-refractivity contribution in [1.29, 1.82) is 0 Å². The highest BCUT2D eigenvalue weighted by Gasteiger charge is 2.22. The van der Waals surface area contributed by atoms with Gasteiger partial charge in [0.05, 0.1) is 23.1 Å². The molecule has 0 unspecified atom stereocenters. The second-order valence-electron chi connectivity index (χ2n) is 6.85. The van der Waals surface area contributed by atoms with Crippen molar-refractivity contribution in [2.75, 3.05) is 24.7 Å². The molecule has 2 heterocycles. The van der Waals surface area contributed by atoms with E-state index in [2.05, 4.69) is 10.4 Å². The molecule has 1 aliphatic rings. The Bertz CT molecular complexity index is 948. The summed E-state index contributed by atoms with van der Waals surface area (Å²) in [4.78, 5) is 16.3. The molecular formula is C22H24N4OS. The molecule has 1 aliphatic heterocycles. The van der Waals surface area contributed by atoms with Gasteiger partial charge in [-0.1, -0.05) is 18.2 Å². The van der Waals surface area contributed by atoms with Crippen molar-refractivity contribution in [1.82, 2.24) is 14.7 Å². The van der Waals surface area contributed by atoms with Crippen LogP contribution >= 0.6 is 11.8 Å². The fraction of sp³-hybridized carbons (Fsp3) is 0.273. The number of piperidine rings is 1. The van der Waals surface area contributed by atoms with Crippen LogP contribution in [0.15, 0.2) is 65.7 Å². The van der Waals surface area contributed by atoms with Crippen molar-refractivity contribution < 1.29 is 4.79 Å². The number of carbonyl (C=O) groups is 1. The average Bonchev–Trinajstić information content (AvgIpc) is 3.23. The highest BCUT2D eigenvalue weighted by atomic mass is 32.2. The largest absolute Gasteiger partial charge is 0.339 e. The fourth-order valence-electron chi connectivity index (χ4n) is 3.51. The van der Waals surface area contributed by atoms with Gasteiger partial charge in [0.2, 0.25) is 0 Å². The lowest BCUT2D eigenvalue weighted by atomic mass is 10.1. The van der Waals surface area contributed by atoms with Crippen molar-refractivity contribution in [2.24, 2.45) is 0 Å². The van der Waals surface area contributed by atoms with Crippen molar-refractivity contribution in [3.05, 3.63) is 66.4 Å². The number of benzene rings is 2. The molecule has 0 aliphatic carbocycles. The molecule has 4 rings (SSSR count). The van der Waals surface area contributed by atoms with E-state index in [9.17, 15) is 4.79 Å². The molecule has 1 N–H and O–H groups in total. The molecule has 0 bridgehead atoms. The normalized spacial score (nSPS) is 14.1. The molecule has 1 amide bonds. The molecule has 0 spiro atoms. The Balaban J connectivity index is 1.67. The topological polar surface area (TPSA) is 50.2 Å². The van der Waals surface area contributed by atoms with Gasteiger partial charge in [-0.2, -0.15) is 5.10 Å². The SMILES string of the molecule is CSc1ccc(Nc2ccnn2-c2ccccc2)c(C(=O)N2CCCCC2)c1. The van der Waals surface area contributed by atoms with Crippen molar-refractivity contribution >= 4 is 29.2 Å². The fourth-order valence-corrected chi connectivity index (χ4v) is 3.95. The first kappa shape index (κ1) is 18.6. The zero-order valence-electron chi connectivity index (χ0n) is 16.0. The molecule has 144 valence electrons. The van der Waals surface area contributed by atoms with E-state index in [1.807, 2.05) is 70.4 Å². The van der Waals surface area contributed by atoms with Crippen molar-refractivity contribution in [2.45, 2.75) is 24.2 Å². The highest BCUT2D eigenvalue weighted by molar-refractivity contribution is 7.98. The molecule has 3 aromatic rings. The third-order valence-electron chi connectivity index (χ3n) is 5.01. The zero-order valence-corrected chi connectivity index (χ0v) is 16.8. The third kappa shape index (κ3) is 3.92. The summed E-state index contributed by atoms with van der Waals surface area (Å²) >= 11 is 1.65. The maximum Gasteiger partial charge on any atom is 0.256 e. The number of hydrogen-bond acceptors (Lipinski definition) is 4. The van der Waals surface area contributed by atoms with E-state index in [-0.39, 0.29) is 5.91 Å². The van der Waals surface area contributed by atoms with Crippen LogP contribution in [0.1, 0.15) is 29.6 Å². The molecule has 1 fully saturated rings. The molecular weight excluding hydrogens is 368 g/mol. The summed E-state index contributed by atoms with van der Waals surface area (Å²) in [6, 6.07) is 17.9. The summed E-state index contributed by atoms with van der Waals surface area (Å²) in [5.41, 5.74) is 2.50. The van der Waals surface area contributed by atoms with Gasteiger partial charge in [0, 0.05) is 24.1 Å². The van der Waals surface area contributed by atoms with E-state index in [4.69, 9.17) is 0 Å². The number of thioether (sulfide) groups is 1. The summed E-state index contributed by atoms with van der Waals surface area (Å²) in [7, 11) is 0. The predicted octanol–water partition coefficient (Wildman–Crippen LogP) is 4.96. The molecule has 5 nitrogen and oxygen atoms in total. The Morgan fingerprint density at radius 3 is 2.57 bits per heavy atom. The second kappa shape index (κ2) is 8.52. The minimum atomic E-state index is 0.101. The third-order valence-corrected chi connectivity index (χ3v) is 5.73. The van der Waals surface area contributed by atoms with Crippen LogP contribution in [-0.2, 0) is 0 Å². The van der Waals surface area contributed by atoms with Crippen LogP contribution in [0.2, 0.25) is 0 Å². The van der Waals surface area contributed by atoms with Crippen LogP contribution in [0.3, 0.4) is 0 Å². The molecule has 0 atom stereocenters. The number of nitrogens with zero attached hydrogens (tertiary/aromatic N) is 3. The van der Waals surface area contributed by atoms with Gasteiger partial charge in [-0.25, -0.2) is 4.68 Å². The first-order valence-electron chi connectivity index (χ1n) is 9.60. The minimum Gasteiger partial charge on any atom is -0.339 e. The monoisotopic (exact) mass is 392 g/mol. The van der Waals surface area contributed by atoms with Crippen LogP contribution < -0.4 is 5.32 Å². The van der Waals surface area contributed by atoms with Crippen LogP contribution in [-0.4, -0.2) is 39.9 Å². The Kier molecular flexibility index (Phi) is 5.67. The lowest BCUT2D eigenvalue weighted by molar-refractivity contribution is 0.0725. The first-order chi connectivity index (χ1) is 13.8. The number of hydrogen-bond donors (Lipinski definition) is 1. The average molecular weight is 393 g/mol. The smallest absolute Gasteiger partial charge is 0.256 e.